The summed E-state index contributed by atoms with van der Waals surface area (Å²) in [7, 11) is -8.79. The number of aliphatic hydroxyl groups excluding tert-OH is 1. The minimum atomic E-state index is -4.16. The van der Waals surface area contributed by atoms with E-state index in [1.54, 1.807) is 12.1 Å². The van der Waals surface area contributed by atoms with Crippen LogP contribution in [0.3, 0.4) is 0 Å². The van der Waals surface area contributed by atoms with Crippen LogP contribution < -0.4 is 0 Å². The summed E-state index contributed by atoms with van der Waals surface area (Å²) in [6.07, 6.45) is 7.10. The van der Waals surface area contributed by atoms with Gasteiger partial charge in [0, 0.05) is 31.1 Å². The Labute approximate surface area is 507 Å². The monoisotopic (exact) mass is 1300 g/mol. The lowest BCUT2D eigenvalue weighted by molar-refractivity contribution is -0.253. The number of benzene rings is 1. The Morgan fingerprint density at radius 2 is 1.43 bits per heavy atom. The zero-order chi connectivity index (χ0) is 59.6. The van der Waals surface area contributed by atoms with E-state index >= 15 is 8.42 Å². The molecule has 6 fully saturated rings. The third-order valence-corrected chi connectivity index (χ3v) is 32.4. The molecule has 0 radical (unpaired) electrons. The van der Waals surface area contributed by atoms with Crippen LogP contribution >= 0.6 is 22.6 Å². The van der Waals surface area contributed by atoms with Crippen molar-refractivity contribution in [3.63, 3.8) is 0 Å². The van der Waals surface area contributed by atoms with Gasteiger partial charge >= 0.3 is 0 Å². The summed E-state index contributed by atoms with van der Waals surface area (Å²) in [5.74, 6) is -0.274. The van der Waals surface area contributed by atoms with Gasteiger partial charge in [0.15, 0.2) is 32.8 Å². The zero-order valence-corrected chi connectivity index (χ0v) is 57.7. The largest absolute Gasteiger partial charge is 0.411 e. The van der Waals surface area contributed by atoms with E-state index in [2.05, 4.69) is 151 Å². The number of fused-ring (bicyclic) bond motifs is 1. The summed E-state index contributed by atoms with van der Waals surface area (Å²) >= 11 is 2.30. The van der Waals surface area contributed by atoms with Gasteiger partial charge in [0.1, 0.15) is 6.10 Å². The highest BCUT2D eigenvalue weighted by Crippen LogP contribution is 2.49. The molecule has 0 aromatic heterocycles. The standard InChI is InChI=1S/C65H109IO12SSi2/c1-19-40(3)35-55-44(7)59(57(75-55)39-56-43(6)41(4)36-47(73-56)23-28-52-42(5)37-48(72-52)25-30-58-70-33-34-71-58)63(79(68,69)50-26-21-46(20-2)22-27-50)51(67)38-49-24-29-53-60(74-49)45(8)61(78-81(17,18)65(12,13)14)62(76-53)54(31-32-66)77-80(15,16)64(9,10)11/h21-22,26-27,31-32,40-41,44-45,47-49,51-63,67H,5-6,19-20,23-25,28-30,33-39H2,1-4,7-18H3/b32-31+/t40-,41+,44+,45+,47+,48+,49-,51?,52+,53+,54+,55-,56-,57+,59-,60-,61+,62+,63?/m1/s1. The summed E-state index contributed by atoms with van der Waals surface area (Å²) < 4.78 is 95.0. The van der Waals surface area contributed by atoms with Gasteiger partial charge in [-0.05, 0) is 151 Å². The molecule has 0 aliphatic carbocycles. The highest BCUT2D eigenvalue weighted by molar-refractivity contribution is 14.1. The predicted octanol–water partition coefficient (Wildman–Crippen LogP) is 14.7. The molecule has 2 unspecified atom stereocenters. The van der Waals surface area contributed by atoms with E-state index in [-0.39, 0.29) is 106 Å². The first-order valence-corrected chi connectivity index (χ1v) is 40.0. The molecule has 6 aliphatic heterocycles. The molecule has 19 atom stereocenters. The minimum absolute atomic E-state index is 0.0134. The number of halogens is 1. The Bertz CT molecular complexity index is 2350. The Kier molecular flexibility index (Phi) is 23.5. The van der Waals surface area contributed by atoms with Crippen LogP contribution in [-0.2, 0) is 58.3 Å². The number of aliphatic hydroxyl groups is 1. The van der Waals surface area contributed by atoms with Crippen LogP contribution in [0.2, 0.25) is 36.3 Å². The first kappa shape index (κ1) is 67.7. The summed E-state index contributed by atoms with van der Waals surface area (Å²) in [6, 6.07) is 7.28. The van der Waals surface area contributed by atoms with Crippen molar-refractivity contribution in [2.75, 3.05) is 13.2 Å². The van der Waals surface area contributed by atoms with Gasteiger partial charge in [-0.15, -0.1) is 0 Å². The fourth-order valence-electron chi connectivity index (χ4n) is 13.2. The van der Waals surface area contributed by atoms with E-state index < -0.39 is 56.0 Å². The number of ether oxygens (including phenoxy) is 7. The predicted molar refractivity (Wildman–Crippen MR) is 339 cm³/mol. The first-order valence-electron chi connectivity index (χ1n) is 31.4. The van der Waals surface area contributed by atoms with Crippen molar-refractivity contribution in [2.24, 2.45) is 29.6 Å². The van der Waals surface area contributed by atoms with Crippen LogP contribution in [0.4, 0.5) is 0 Å². The van der Waals surface area contributed by atoms with Crippen molar-refractivity contribution >= 4 is 49.1 Å². The van der Waals surface area contributed by atoms with E-state index in [0.717, 1.165) is 74.5 Å². The van der Waals surface area contributed by atoms with Crippen LogP contribution in [0, 0.1) is 29.6 Å². The molecule has 1 N–H and O–H groups in total. The van der Waals surface area contributed by atoms with Crippen LogP contribution in [0.25, 0.3) is 0 Å². The van der Waals surface area contributed by atoms with Crippen LogP contribution in [0.15, 0.2) is 63.6 Å². The highest BCUT2D eigenvalue weighted by atomic mass is 127. The zero-order valence-electron chi connectivity index (χ0n) is 52.8. The van der Waals surface area contributed by atoms with Crippen molar-refractivity contribution < 1.29 is 55.5 Å². The summed E-state index contributed by atoms with van der Waals surface area (Å²) in [4.78, 5) is 0.218. The van der Waals surface area contributed by atoms with Crippen LogP contribution in [0.1, 0.15) is 166 Å². The SMILES string of the molecule is C=C1C[C@H](CCC2OCCO2)O[C@H]1CC[C@H]1C[C@H](C)C(=C)[C@@H](C[C@@H]2O[C@H](C[C@H](C)CC)[C@H](C)[C@H]2C(C(O)C[C@H]2CC[C@@H]3O[C@@H]([C@H](/C=C/I)O[Si](C)(C)C(C)(C)C)[C@@H](O[Si](C)(C)C(C)(C)C)[C@@H](C)[C@H]3O2)S(=O)(=O)c2ccc(CC)cc2)O1. The Morgan fingerprint density at radius 3 is 2.05 bits per heavy atom. The van der Waals surface area contributed by atoms with E-state index in [9.17, 15) is 5.11 Å². The van der Waals surface area contributed by atoms with Crippen molar-refractivity contribution in [3.05, 3.63) is 64.3 Å². The third kappa shape index (κ3) is 16.3. The van der Waals surface area contributed by atoms with Gasteiger partial charge in [0.25, 0.3) is 0 Å². The van der Waals surface area contributed by atoms with Crippen molar-refractivity contribution in [3.8, 4) is 0 Å². The molecular weight excluding hydrogens is 1190 g/mol. The number of aryl methyl sites for hydroxylation is 1. The van der Waals surface area contributed by atoms with E-state index in [1.807, 2.05) is 16.2 Å². The maximum absolute atomic E-state index is 15.8. The average Bonchev–Trinajstić information content (AvgIpc) is 4.37. The summed E-state index contributed by atoms with van der Waals surface area (Å²) in [5.41, 5.74) is 3.19. The van der Waals surface area contributed by atoms with E-state index in [1.165, 1.54) is 0 Å². The van der Waals surface area contributed by atoms with Gasteiger partial charge in [-0.1, -0.05) is 137 Å². The number of sulfone groups is 1. The Morgan fingerprint density at radius 1 is 0.790 bits per heavy atom. The summed E-state index contributed by atoms with van der Waals surface area (Å²) in [5, 5.41) is 11.9. The Balaban J connectivity index is 1.15. The molecule has 1 aromatic carbocycles. The maximum atomic E-state index is 15.8. The average molecular weight is 1300 g/mol. The molecule has 6 heterocycles. The molecule has 16 heteroatoms. The first-order chi connectivity index (χ1) is 37.9. The maximum Gasteiger partial charge on any atom is 0.193 e. The lowest BCUT2D eigenvalue weighted by atomic mass is 9.77. The van der Waals surface area contributed by atoms with Gasteiger partial charge in [0.05, 0.1) is 96.6 Å². The number of rotatable bonds is 24. The van der Waals surface area contributed by atoms with Gasteiger partial charge in [-0.25, -0.2) is 8.42 Å². The van der Waals surface area contributed by atoms with Crippen LogP contribution in [0.5, 0.6) is 0 Å². The van der Waals surface area contributed by atoms with Crippen LogP contribution in [-0.4, -0.2) is 134 Å². The molecule has 81 heavy (non-hydrogen) atoms. The molecule has 1 aromatic rings. The van der Waals surface area contributed by atoms with E-state index in [4.69, 9.17) is 42.0 Å². The van der Waals surface area contributed by atoms with Crippen molar-refractivity contribution in [1.29, 1.82) is 0 Å². The van der Waals surface area contributed by atoms with Crippen molar-refractivity contribution in [2.45, 2.75) is 299 Å². The molecule has 0 saturated carbocycles. The fourth-order valence-corrected chi connectivity index (χ4v) is 18.5. The van der Waals surface area contributed by atoms with Gasteiger partial charge in [-0.2, -0.15) is 0 Å². The molecule has 0 spiro atoms. The topological polar surface area (TPSA) is 137 Å². The second-order valence-electron chi connectivity index (χ2n) is 28.6. The smallest absolute Gasteiger partial charge is 0.193 e. The quantitative estimate of drug-likeness (QED) is 0.0599. The second kappa shape index (κ2) is 28.1. The molecule has 6 aliphatic rings. The molecule has 0 amide bonds. The Hall–Kier alpha value is -0.846. The van der Waals surface area contributed by atoms with Gasteiger partial charge in [-0.3, -0.25) is 0 Å². The second-order valence-corrected chi connectivity index (χ2v) is 41.0. The normalized spacial score (nSPS) is 34.7. The lowest BCUT2D eigenvalue weighted by Crippen LogP contribution is -2.64. The molecular formula is C65H109IO12SSi2. The molecule has 462 valence electrons. The van der Waals surface area contributed by atoms with Crippen molar-refractivity contribution in [1.82, 2.24) is 0 Å². The highest BCUT2D eigenvalue weighted by Gasteiger charge is 2.57. The van der Waals surface area contributed by atoms with Gasteiger partial charge < -0.3 is 47.1 Å². The molecule has 0 bridgehead atoms. The number of hydrogen-bond donors (Lipinski definition) is 1. The third-order valence-electron chi connectivity index (χ3n) is 20.8. The molecule has 7 rings (SSSR count). The molecule has 12 nitrogen and oxygen atoms in total. The number of hydrogen-bond acceptors (Lipinski definition) is 12. The van der Waals surface area contributed by atoms with E-state index in [0.29, 0.717) is 38.4 Å². The fraction of sp³-hybridized carbons (Fsp3) is 0.815. The molecule has 6 saturated heterocycles. The van der Waals surface area contributed by atoms with Gasteiger partial charge in [0.2, 0.25) is 0 Å². The summed E-state index contributed by atoms with van der Waals surface area (Å²) in [6.45, 7) is 46.3. The minimum Gasteiger partial charge on any atom is -0.411 e. The lowest BCUT2D eigenvalue weighted by Gasteiger charge is -2.54.